The molecule has 11 rings (SSSR count). The van der Waals surface area contributed by atoms with Gasteiger partial charge in [0.25, 0.3) is 0 Å². The van der Waals surface area contributed by atoms with Crippen LogP contribution in [0.25, 0.3) is 39.0 Å². The zero-order valence-corrected chi connectivity index (χ0v) is 30.1. The fourth-order valence-corrected chi connectivity index (χ4v) is 10.3. The zero-order valence-electron chi connectivity index (χ0n) is 30.1. The van der Waals surface area contributed by atoms with Crippen LogP contribution in [0.5, 0.6) is 0 Å². The third-order valence-corrected chi connectivity index (χ3v) is 12.6. The molecule has 0 radical (unpaired) electrons. The first-order chi connectivity index (χ1) is 26.1. The molecule has 0 saturated carbocycles. The summed E-state index contributed by atoms with van der Waals surface area (Å²) in [5.74, 6) is 0. The Balaban J connectivity index is 1.20. The molecule has 0 fully saturated rings. The van der Waals surface area contributed by atoms with Crippen LogP contribution in [0.15, 0.2) is 182 Å². The van der Waals surface area contributed by atoms with Crippen LogP contribution in [0.2, 0.25) is 0 Å². The molecule has 4 aliphatic rings. The van der Waals surface area contributed by atoms with E-state index in [1.807, 2.05) is 0 Å². The summed E-state index contributed by atoms with van der Waals surface area (Å²) in [5.41, 5.74) is 22.0. The zero-order chi connectivity index (χ0) is 35.3. The van der Waals surface area contributed by atoms with Gasteiger partial charge in [-0.25, -0.2) is 0 Å². The number of fused-ring (bicyclic) bond motifs is 13. The second-order valence-corrected chi connectivity index (χ2v) is 15.5. The Morgan fingerprint density at radius 2 is 0.887 bits per heavy atom. The van der Waals surface area contributed by atoms with E-state index in [0.717, 1.165) is 12.8 Å². The molecule has 7 aromatic rings. The molecule has 4 aliphatic carbocycles. The van der Waals surface area contributed by atoms with Gasteiger partial charge in [0.15, 0.2) is 0 Å². The summed E-state index contributed by atoms with van der Waals surface area (Å²) in [6.07, 6.45) is 6.76. The SMILES string of the molecule is CC1(C)c2ccccc2-c2ccc(N(C3=C(c4ccccc4)CCC=C3)c3ccc4c(c3)C3(c5ccccc5-c5ccccc53)c3ccccc3-4)cc21. The van der Waals surface area contributed by atoms with E-state index >= 15 is 0 Å². The van der Waals surface area contributed by atoms with E-state index < -0.39 is 5.41 Å². The van der Waals surface area contributed by atoms with E-state index in [1.165, 1.54) is 95.0 Å². The van der Waals surface area contributed by atoms with Crippen molar-refractivity contribution in [3.8, 4) is 33.4 Å². The van der Waals surface area contributed by atoms with Crippen molar-refractivity contribution in [3.63, 3.8) is 0 Å². The van der Waals surface area contributed by atoms with Gasteiger partial charge in [0.05, 0.1) is 5.41 Å². The highest BCUT2D eigenvalue weighted by atomic mass is 15.1. The molecular formula is C52H39N. The summed E-state index contributed by atoms with van der Waals surface area (Å²) in [7, 11) is 0. The molecule has 0 bridgehead atoms. The van der Waals surface area contributed by atoms with Crippen molar-refractivity contribution in [1.29, 1.82) is 0 Å². The van der Waals surface area contributed by atoms with Crippen LogP contribution >= 0.6 is 0 Å². The molecular weight excluding hydrogens is 639 g/mol. The lowest BCUT2D eigenvalue weighted by atomic mass is 9.70. The molecule has 0 unspecified atom stereocenters. The van der Waals surface area contributed by atoms with Gasteiger partial charge < -0.3 is 4.90 Å². The second-order valence-electron chi connectivity index (χ2n) is 15.5. The summed E-state index contributed by atoms with van der Waals surface area (Å²) < 4.78 is 0. The normalized spacial score (nSPS) is 16.1. The molecule has 0 saturated heterocycles. The maximum Gasteiger partial charge on any atom is 0.0726 e. The lowest BCUT2D eigenvalue weighted by molar-refractivity contribution is 0.660. The molecule has 0 atom stereocenters. The van der Waals surface area contributed by atoms with Gasteiger partial charge in [-0.3, -0.25) is 0 Å². The Labute approximate surface area is 312 Å². The van der Waals surface area contributed by atoms with Crippen LogP contribution in [0, 0.1) is 0 Å². The number of benzene rings is 7. The van der Waals surface area contributed by atoms with Gasteiger partial charge in [0.1, 0.15) is 0 Å². The van der Waals surface area contributed by atoms with Crippen molar-refractivity contribution in [2.75, 3.05) is 4.90 Å². The van der Waals surface area contributed by atoms with Crippen LogP contribution in [-0.4, -0.2) is 0 Å². The number of hydrogen-bond donors (Lipinski definition) is 0. The number of anilines is 2. The van der Waals surface area contributed by atoms with E-state index in [4.69, 9.17) is 0 Å². The summed E-state index contributed by atoms with van der Waals surface area (Å²) in [4.78, 5) is 2.56. The van der Waals surface area contributed by atoms with Crippen LogP contribution in [0.1, 0.15) is 65.6 Å². The quantitative estimate of drug-likeness (QED) is 0.179. The third kappa shape index (κ3) is 4.08. The molecule has 53 heavy (non-hydrogen) atoms. The molecule has 0 aromatic heterocycles. The van der Waals surface area contributed by atoms with Gasteiger partial charge in [-0.15, -0.1) is 0 Å². The number of hydrogen-bond acceptors (Lipinski definition) is 1. The van der Waals surface area contributed by atoms with Gasteiger partial charge in [0.2, 0.25) is 0 Å². The highest BCUT2D eigenvalue weighted by molar-refractivity contribution is 5.96. The first kappa shape index (κ1) is 30.4. The average Bonchev–Trinajstić information content (AvgIpc) is 3.77. The predicted octanol–water partition coefficient (Wildman–Crippen LogP) is 13.2. The molecule has 0 amide bonds. The van der Waals surface area contributed by atoms with E-state index in [9.17, 15) is 0 Å². The Hall–Kier alpha value is -6.18. The predicted molar refractivity (Wildman–Crippen MR) is 221 cm³/mol. The van der Waals surface area contributed by atoms with Gasteiger partial charge in [0, 0.05) is 22.5 Å². The minimum Gasteiger partial charge on any atom is -0.310 e. The summed E-state index contributed by atoms with van der Waals surface area (Å²) in [6, 6.07) is 61.7. The Kier molecular flexibility index (Phi) is 6.41. The van der Waals surface area contributed by atoms with Crippen molar-refractivity contribution >= 4 is 16.9 Å². The van der Waals surface area contributed by atoms with E-state index in [0.29, 0.717) is 0 Å². The largest absolute Gasteiger partial charge is 0.310 e. The van der Waals surface area contributed by atoms with Gasteiger partial charge in [-0.2, -0.15) is 0 Å². The van der Waals surface area contributed by atoms with Crippen LogP contribution < -0.4 is 4.90 Å². The summed E-state index contributed by atoms with van der Waals surface area (Å²) in [6.45, 7) is 4.76. The van der Waals surface area contributed by atoms with Crippen molar-refractivity contribution in [3.05, 3.63) is 221 Å². The fraction of sp³-hybridized carbons (Fsp3) is 0.115. The molecule has 1 spiro atoms. The lowest BCUT2D eigenvalue weighted by Crippen LogP contribution is -2.26. The maximum absolute atomic E-state index is 2.56. The van der Waals surface area contributed by atoms with Gasteiger partial charge >= 0.3 is 0 Å². The molecule has 0 heterocycles. The monoisotopic (exact) mass is 677 g/mol. The van der Waals surface area contributed by atoms with Gasteiger partial charge in [-0.05, 0) is 121 Å². The van der Waals surface area contributed by atoms with Crippen molar-refractivity contribution < 1.29 is 0 Å². The Morgan fingerprint density at radius 1 is 0.434 bits per heavy atom. The minimum absolute atomic E-state index is 0.104. The van der Waals surface area contributed by atoms with Crippen molar-refractivity contribution in [1.82, 2.24) is 0 Å². The first-order valence-electron chi connectivity index (χ1n) is 19.0. The molecule has 0 aliphatic heterocycles. The highest BCUT2D eigenvalue weighted by Gasteiger charge is 2.51. The number of nitrogens with zero attached hydrogens (tertiary/aromatic N) is 1. The Morgan fingerprint density at radius 3 is 1.47 bits per heavy atom. The van der Waals surface area contributed by atoms with E-state index in [1.54, 1.807) is 0 Å². The second kappa shape index (κ2) is 11.2. The molecule has 252 valence electrons. The van der Waals surface area contributed by atoms with Crippen molar-refractivity contribution in [2.24, 2.45) is 0 Å². The number of rotatable bonds is 4. The third-order valence-electron chi connectivity index (χ3n) is 12.6. The summed E-state index contributed by atoms with van der Waals surface area (Å²) in [5, 5.41) is 0. The summed E-state index contributed by atoms with van der Waals surface area (Å²) >= 11 is 0. The highest BCUT2D eigenvalue weighted by Crippen LogP contribution is 2.63. The minimum atomic E-state index is -0.401. The topological polar surface area (TPSA) is 3.24 Å². The van der Waals surface area contributed by atoms with E-state index in [-0.39, 0.29) is 5.41 Å². The van der Waals surface area contributed by atoms with E-state index in [2.05, 4.69) is 195 Å². The van der Waals surface area contributed by atoms with Crippen LogP contribution in [-0.2, 0) is 10.8 Å². The first-order valence-corrected chi connectivity index (χ1v) is 19.0. The molecule has 1 nitrogen and oxygen atoms in total. The van der Waals surface area contributed by atoms with Crippen LogP contribution in [0.3, 0.4) is 0 Å². The average molecular weight is 678 g/mol. The molecule has 1 heteroatoms. The molecule has 7 aromatic carbocycles. The Bertz CT molecular complexity index is 2640. The molecule has 0 N–H and O–H groups in total. The van der Waals surface area contributed by atoms with Crippen LogP contribution in [0.4, 0.5) is 11.4 Å². The maximum atomic E-state index is 2.56. The lowest BCUT2D eigenvalue weighted by Gasteiger charge is -2.34. The van der Waals surface area contributed by atoms with Gasteiger partial charge in [-0.1, -0.05) is 159 Å². The standard InChI is InChI=1S/C52H39N/c1-51(2)44-23-11-6-19-38(44)42-30-28-35(32-48(42)51)53(50-27-15-10-18-37(50)34-16-4-3-5-17-34)36-29-31-43-41-22-9-14-26-47(41)52(49(43)33-36)45-24-12-7-20-39(45)40-21-8-13-25-46(40)52/h3-9,11-17,19-33H,10,18H2,1-2H3. The fourth-order valence-electron chi connectivity index (χ4n) is 10.3. The van der Waals surface area contributed by atoms with Crippen molar-refractivity contribution in [2.45, 2.75) is 37.5 Å². The smallest absolute Gasteiger partial charge is 0.0726 e. The number of allylic oxidation sites excluding steroid dienone is 3.